The summed E-state index contributed by atoms with van der Waals surface area (Å²) in [7, 11) is 0. The summed E-state index contributed by atoms with van der Waals surface area (Å²) < 4.78 is 1.79. The lowest BCUT2D eigenvalue weighted by Gasteiger charge is -2.09. The van der Waals surface area contributed by atoms with E-state index in [1.165, 1.54) is 0 Å². The third-order valence-corrected chi connectivity index (χ3v) is 2.82. The first kappa shape index (κ1) is 10.5. The molecule has 0 saturated heterocycles. The number of hydrogen-bond acceptors (Lipinski definition) is 3. The molecule has 0 radical (unpaired) electrons. The normalized spacial score (nSPS) is 10.4. The fraction of sp³-hybridized carbons (Fsp3) is 0.0714. The number of hydrogen-bond donors (Lipinski definition) is 0. The molecule has 4 nitrogen and oxygen atoms in total. The van der Waals surface area contributed by atoms with Crippen LogP contribution in [0.2, 0.25) is 0 Å². The molecule has 2 aromatic heterocycles. The minimum Gasteiger partial charge on any atom is -0.291 e. The van der Waals surface area contributed by atoms with Gasteiger partial charge >= 0.3 is 0 Å². The Morgan fingerprint density at radius 2 is 2.11 bits per heavy atom. The van der Waals surface area contributed by atoms with Crippen LogP contribution in [0.3, 0.4) is 0 Å². The number of fused-ring (bicyclic) bond motifs is 1. The van der Waals surface area contributed by atoms with E-state index in [-0.39, 0.29) is 0 Å². The van der Waals surface area contributed by atoms with E-state index in [0.717, 1.165) is 22.3 Å². The molecule has 0 aliphatic carbocycles. The zero-order chi connectivity index (χ0) is 12.5. The van der Waals surface area contributed by atoms with Gasteiger partial charge in [0.25, 0.3) is 0 Å². The maximum absolute atomic E-state index is 9.06. The highest BCUT2D eigenvalue weighted by Crippen LogP contribution is 2.22. The van der Waals surface area contributed by atoms with Crippen molar-refractivity contribution in [3.63, 3.8) is 0 Å². The van der Waals surface area contributed by atoms with Crippen molar-refractivity contribution in [2.24, 2.45) is 0 Å². The Bertz CT molecular complexity index is 765. The average molecular weight is 234 g/mol. The Labute approximate surface area is 104 Å². The molecule has 0 saturated carbocycles. The van der Waals surface area contributed by atoms with Crippen LogP contribution in [0.15, 0.2) is 42.7 Å². The second-order valence-electron chi connectivity index (χ2n) is 4.03. The number of imidazole rings is 1. The lowest BCUT2D eigenvalue weighted by Crippen LogP contribution is -1.99. The summed E-state index contributed by atoms with van der Waals surface area (Å²) >= 11 is 0. The molecule has 86 valence electrons. The second kappa shape index (κ2) is 3.97. The van der Waals surface area contributed by atoms with Gasteiger partial charge in [0.2, 0.25) is 5.82 Å². The van der Waals surface area contributed by atoms with E-state index < -0.39 is 0 Å². The molecular formula is C14H10N4. The van der Waals surface area contributed by atoms with Gasteiger partial charge in [-0.1, -0.05) is 18.2 Å². The van der Waals surface area contributed by atoms with Gasteiger partial charge in [-0.25, -0.2) is 4.98 Å². The van der Waals surface area contributed by atoms with Crippen LogP contribution < -0.4 is 0 Å². The first-order valence-electron chi connectivity index (χ1n) is 5.60. The third kappa shape index (κ3) is 1.54. The molecule has 1 aromatic carbocycles. The van der Waals surface area contributed by atoms with Gasteiger partial charge < -0.3 is 0 Å². The van der Waals surface area contributed by atoms with E-state index in [2.05, 4.69) is 16.0 Å². The van der Waals surface area contributed by atoms with Crippen molar-refractivity contribution in [2.45, 2.75) is 6.92 Å². The molecule has 0 amide bonds. The summed E-state index contributed by atoms with van der Waals surface area (Å²) in [5, 5.41) is 10.1. The van der Waals surface area contributed by atoms with Gasteiger partial charge in [0.05, 0.1) is 11.2 Å². The van der Waals surface area contributed by atoms with Gasteiger partial charge in [0, 0.05) is 23.5 Å². The maximum Gasteiger partial charge on any atom is 0.217 e. The fourth-order valence-electron chi connectivity index (χ4n) is 2.07. The van der Waals surface area contributed by atoms with Crippen LogP contribution in [-0.4, -0.2) is 14.5 Å². The van der Waals surface area contributed by atoms with Gasteiger partial charge in [0.1, 0.15) is 6.07 Å². The van der Waals surface area contributed by atoms with Crippen molar-refractivity contribution in [2.75, 3.05) is 0 Å². The molecule has 0 aliphatic rings. The Kier molecular flexibility index (Phi) is 2.31. The van der Waals surface area contributed by atoms with Gasteiger partial charge in [-0.05, 0) is 19.1 Å². The van der Waals surface area contributed by atoms with Crippen molar-refractivity contribution in [3.05, 3.63) is 54.2 Å². The molecule has 0 atom stereocenters. The molecular weight excluding hydrogens is 224 g/mol. The van der Waals surface area contributed by atoms with Crippen molar-refractivity contribution in [3.8, 4) is 11.8 Å². The number of aryl methyl sites for hydroxylation is 1. The van der Waals surface area contributed by atoms with Crippen molar-refractivity contribution in [1.82, 2.24) is 14.5 Å². The van der Waals surface area contributed by atoms with Gasteiger partial charge in [0.15, 0.2) is 0 Å². The Morgan fingerprint density at radius 3 is 2.94 bits per heavy atom. The molecule has 0 spiro atoms. The molecule has 18 heavy (non-hydrogen) atoms. The summed E-state index contributed by atoms with van der Waals surface area (Å²) in [4.78, 5) is 8.51. The Hall–Kier alpha value is -2.67. The fourth-order valence-corrected chi connectivity index (χ4v) is 2.07. The highest BCUT2D eigenvalue weighted by Gasteiger charge is 2.09. The smallest absolute Gasteiger partial charge is 0.217 e. The number of rotatable bonds is 1. The zero-order valence-corrected chi connectivity index (χ0v) is 9.83. The number of nitriles is 1. The monoisotopic (exact) mass is 234 g/mol. The average Bonchev–Trinajstić information content (AvgIpc) is 2.85. The molecule has 0 unspecified atom stereocenters. The second-order valence-corrected chi connectivity index (χ2v) is 4.03. The molecule has 0 aliphatic heterocycles. The molecule has 0 N–H and O–H groups in total. The summed E-state index contributed by atoms with van der Waals surface area (Å²) in [6, 6.07) is 11.9. The molecule has 0 bridgehead atoms. The minimum atomic E-state index is 0.380. The van der Waals surface area contributed by atoms with E-state index >= 15 is 0 Å². The number of pyridine rings is 1. The van der Waals surface area contributed by atoms with Crippen LogP contribution >= 0.6 is 0 Å². The van der Waals surface area contributed by atoms with Crippen molar-refractivity contribution < 1.29 is 0 Å². The lowest BCUT2D eigenvalue weighted by molar-refractivity contribution is 1.02. The summed E-state index contributed by atoms with van der Waals surface area (Å²) in [6.07, 6.45) is 3.42. The van der Waals surface area contributed by atoms with Crippen LogP contribution in [0.4, 0.5) is 0 Å². The molecule has 0 fully saturated rings. The zero-order valence-electron chi connectivity index (χ0n) is 9.83. The van der Waals surface area contributed by atoms with Crippen molar-refractivity contribution in [1.29, 1.82) is 5.26 Å². The van der Waals surface area contributed by atoms with Gasteiger partial charge in [-0.3, -0.25) is 9.55 Å². The molecule has 3 aromatic rings. The Morgan fingerprint density at radius 1 is 1.28 bits per heavy atom. The third-order valence-electron chi connectivity index (χ3n) is 2.82. The summed E-state index contributed by atoms with van der Waals surface area (Å²) in [5.74, 6) is 0.380. The molecule has 4 heteroatoms. The predicted molar refractivity (Wildman–Crippen MR) is 68.3 cm³/mol. The quantitative estimate of drug-likeness (QED) is 0.650. The van der Waals surface area contributed by atoms with Crippen LogP contribution in [0, 0.1) is 18.3 Å². The predicted octanol–water partition coefficient (Wildman–Crippen LogP) is 2.60. The maximum atomic E-state index is 9.06. The lowest BCUT2D eigenvalue weighted by atomic mass is 10.1. The molecule has 3 rings (SSSR count). The van der Waals surface area contributed by atoms with Crippen LogP contribution in [0.5, 0.6) is 0 Å². The largest absolute Gasteiger partial charge is 0.291 e. The Balaban J connectivity index is 2.39. The SMILES string of the molecule is Cc1cc(-n2ccnc2C#N)c2ccccc2n1. The summed E-state index contributed by atoms with van der Waals surface area (Å²) in [6.45, 7) is 1.94. The minimum absolute atomic E-state index is 0.380. The summed E-state index contributed by atoms with van der Waals surface area (Å²) in [5.41, 5.74) is 2.78. The van der Waals surface area contributed by atoms with E-state index in [0.29, 0.717) is 5.82 Å². The van der Waals surface area contributed by atoms with Crippen molar-refractivity contribution >= 4 is 10.9 Å². The van der Waals surface area contributed by atoms with E-state index in [1.807, 2.05) is 37.3 Å². The van der Waals surface area contributed by atoms with Crippen LogP contribution in [0.25, 0.3) is 16.6 Å². The van der Waals surface area contributed by atoms with Crippen LogP contribution in [-0.2, 0) is 0 Å². The number of para-hydroxylation sites is 1. The standard InChI is InChI=1S/C14H10N4/c1-10-8-13(18-7-6-16-14(18)9-15)11-4-2-3-5-12(11)17-10/h2-8H,1H3. The molecule has 2 heterocycles. The highest BCUT2D eigenvalue weighted by atomic mass is 15.1. The highest BCUT2D eigenvalue weighted by molar-refractivity contribution is 5.87. The van der Waals surface area contributed by atoms with E-state index in [4.69, 9.17) is 5.26 Å². The van der Waals surface area contributed by atoms with E-state index in [1.54, 1.807) is 17.0 Å². The number of nitrogens with zero attached hydrogens (tertiary/aromatic N) is 4. The van der Waals surface area contributed by atoms with E-state index in [9.17, 15) is 0 Å². The van der Waals surface area contributed by atoms with Crippen LogP contribution in [0.1, 0.15) is 11.5 Å². The van der Waals surface area contributed by atoms with Gasteiger partial charge in [-0.2, -0.15) is 5.26 Å². The first-order chi connectivity index (χ1) is 8.79. The number of benzene rings is 1. The topological polar surface area (TPSA) is 54.5 Å². The van der Waals surface area contributed by atoms with Gasteiger partial charge in [-0.15, -0.1) is 0 Å². The first-order valence-corrected chi connectivity index (χ1v) is 5.60. The number of aromatic nitrogens is 3.